The molecule has 0 radical (unpaired) electrons. The first-order valence-electron chi connectivity index (χ1n) is 3.73. The maximum atomic E-state index is 11.1. The minimum absolute atomic E-state index is 0.141. The van der Waals surface area contributed by atoms with Gasteiger partial charge in [-0.1, -0.05) is 0 Å². The Morgan fingerprint density at radius 2 is 2.21 bits per heavy atom. The minimum atomic E-state index is -0.408. The standard InChI is InChI=1S/C7H9BrN4O2/c1-14-4-11-7(13)12-6-9-2-5(8)3-10-6/h2-3H,4H2,1H3,(H2,9,10,11,12,13). The number of methoxy groups -OCH3 is 1. The Bertz CT molecular complexity index is 303. The molecule has 1 aromatic rings. The molecule has 0 saturated heterocycles. The van der Waals surface area contributed by atoms with Crippen LogP contribution in [0, 0.1) is 0 Å². The fraction of sp³-hybridized carbons (Fsp3) is 0.286. The Labute approximate surface area is 89.2 Å². The van der Waals surface area contributed by atoms with Crippen LogP contribution in [-0.2, 0) is 4.74 Å². The van der Waals surface area contributed by atoms with Gasteiger partial charge in [0, 0.05) is 19.5 Å². The van der Waals surface area contributed by atoms with Crippen molar-refractivity contribution in [2.45, 2.75) is 0 Å². The number of nitrogens with zero attached hydrogens (tertiary/aromatic N) is 2. The lowest BCUT2D eigenvalue weighted by atomic mass is 10.7. The number of nitrogens with one attached hydrogen (secondary N) is 2. The van der Waals surface area contributed by atoms with Crippen LogP contribution < -0.4 is 10.6 Å². The van der Waals surface area contributed by atoms with Crippen LogP contribution in [0.4, 0.5) is 10.7 Å². The maximum Gasteiger partial charge on any atom is 0.323 e. The molecule has 0 spiro atoms. The average molecular weight is 261 g/mol. The van der Waals surface area contributed by atoms with Gasteiger partial charge in [-0.25, -0.2) is 14.8 Å². The molecule has 7 heteroatoms. The van der Waals surface area contributed by atoms with Gasteiger partial charge in [-0.15, -0.1) is 0 Å². The summed E-state index contributed by atoms with van der Waals surface area (Å²) in [4.78, 5) is 18.8. The van der Waals surface area contributed by atoms with E-state index in [1.807, 2.05) is 0 Å². The summed E-state index contributed by atoms with van der Waals surface area (Å²) < 4.78 is 5.40. The molecule has 0 aliphatic heterocycles. The molecule has 1 heterocycles. The Balaban J connectivity index is 2.44. The number of carbonyl (C=O) groups excluding carboxylic acids is 1. The molecular formula is C7H9BrN4O2. The van der Waals surface area contributed by atoms with Gasteiger partial charge in [-0.05, 0) is 15.9 Å². The summed E-state index contributed by atoms with van der Waals surface area (Å²) in [5, 5.41) is 4.86. The molecule has 2 amide bonds. The monoisotopic (exact) mass is 260 g/mol. The average Bonchev–Trinajstić information content (AvgIpc) is 2.18. The SMILES string of the molecule is COCNC(=O)Nc1ncc(Br)cn1. The lowest BCUT2D eigenvalue weighted by Gasteiger charge is -2.04. The van der Waals surface area contributed by atoms with Crippen LogP contribution >= 0.6 is 15.9 Å². The summed E-state index contributed by atoms with van der Waals surface area (Å²) in [5.74, 6) is 0.238. The molecule has 0 saturated carbocycles. The van der Waals surface area contributed by atoms with Crippen LogP contribution in [0.5, 0.6) is 0 Å². The van der Waals surface area contributed by atoms with Gasteiger partial charge in [-0.2, -0.15) is 0 Å². The van der Waals surface area contributed by atoms with Crippen LogP contribution in [0.3, 0.4) is 0 Å². The number of hydrogen-bond acceptors (Lipinski definition) is 4. The molecular weight excluding hydrogens is 252 g/mol. The molecule has 2 N–H and O–H groups in total. The molecule has 1 aromatic heterocycles. The van der Waals surface area contributed by atoms with Gasteiger partial charge < -0.3 is 10.1 Å². The van der Waals surface area contributed by atoms with E-state index in [1.165, 1.54) is 7.11 Å². The van der Waals surface area contributed by atoms with E-state index in [2.05, 4.69) is 41.3 Å². The second kappa shape index (κ2) is 5.51. The first-order valence-corrected chi connectivity index (χ1v) is 4.53. The zero-order chi connectivity index (χ0) is 10.4. The van der Waals surface area contributed by atoms with E-state index < -0.39 is 6.03 Å². The molecule has 0 fully saturated rings. The highest BCUT2D eigenvalue weighted by Gasteiger charge is 2.01. The van der Waals surface area contributed by atoms with Crippen molar-refractivity contribution in [1.82, 2.24) is 15.3 Å². The number of rotatable bonds is 3. The van der Waals surface area contributed by atoms with Crippen LogP contribution in [-0.4, -0.2) is 29.8 Å². The van der Waals surface area contributed by atoms with Crippen molar-refractivity contribution >= 4 is 27.9 Å². The Kier molecular flexibility index (Phi) is 4.27. The third kappa shape index (κ3) is 3.67. The minimum Gasteiger partial charge on any atom is -0.364 e. The van der Waals surface area contributed by atoms with E-state index in [1.54, 1.807) is 12.4 Å². The molecule has 14 heavy (non-hydrogen) atoms. The number of carbonyl (C=O) groups is 1. The van der Waals surface area contributed by atoms with Crippen LogP contribution in [0.1, 0.15) is 0 Å². The predicted octanol–water partition coefficient (Wildman–Crippen LogP) is 0.964. The van der Waals surface area contributed by atoms with Crippen LogP contribution in [0.25, 0.3) is 0 Å². The zero-order valence-corrected chi connectivity index (χ0v) is 9.04. The van der Waals surface area contributed by atoms with Crippen LogP contribution in [0.2, 0.25) is 0 Å². The summed E-state index contributed by atoms with van der Waals surface area (Å²) in [6, 6.07) is -0.408. The second-order valence-corrected chi connectivity index (χ2v) is 3.20. The molecule has 0 aromatic carbocycles. The molecule has 0 aliphatic rings. The Morgan fingerprint density at radius 3 is 2.79 bits per heavy atom. The summed E-state index contributed by atoms with van der Waals surface area (Å²) in [6.45, 7) is 0.141. The highest BCUT2D eigenvalue weighted by Crippen LogP contribution is 2.06. The van der Waals surface area contributed by atoms with Gasteiger partial charge in [0.25, 0.3) is 0 Å². The highest BCUT2D eigenvalue weighted by molar-refractivity contribution is 9.10. The number of aromatic nitrogens is 2. The molecule has 0 aliphatic carbocycles. The molecule has 6 nitrogen and oxygen atoms in total. The third-order valence-electron chi connectivity index (χ3n) is 1.22. The van der Waals surface area contributed by atoms with Crippen LogP contribution in [0.15, 0.2) is 16.9 Å². The molecule has 0 atom stereocenters. The number of hydrogen-bond donors (Lipinski definition) is 2. The smallest absolute Gasteiger partial charge is 0.323 e. The van der Waals surface area contributed by atoms with E-state index in [0.717, 1.165) is 4.47 Å². The largest absolute Gasteiger partial charge is 0.364 e. The Morgan fingerprint density at radius 1 is 1.57 bits per heavy atom. The summed E-state index contributed by atoms with van der Waals surface area (Å²) in [5.41, 5.74) is 0. The first kappa shape index (κ1) is 10.9. The van der Waals surface area contributed by atoms with Crippen molar-refractivity contribution < 1.29 is 9.53 Å². The van der Waals surface area contributed by atoms with Gasteiger partial charge in [-0.3, -0.25) is 5.32 Å². The van der Waals surface area contributed by atoms with Gasteiger partial charge in [0.2, 0.25) is 5.95 Å². The molecule has 1 rings (SSSR count). The van der Waals surface area contributed by atoms with Crippen molar-refractivity contribution in [2.75, 3.05) is 19.2 Å². The van der Waals surface area contributed by atoms with Crippen molar-refractivity contribution in [3.05, 3.63) is 16.9 Å². The number of ether oxygens (including phenoxy) is 1. The Hall–Kier alpha value is -1.21. The van der Waals surface area contributed by atoms with E-state index in [4.69, 9.17) is 0 Å². The number of urea groups is 1. The number of halogens is 1. The second-order valence-electron chi connectivity index (χ2n) is 2.29. The summed E-state index contributed by atoms with van der Waals surface area (Å²) >= 11 is 3.18. The number of anilines is 1. The number of amides is 2. The lowest BCUT2D eigenvalue weighted by molar-refractivity contribution is 0.177. The summed E-state index contributed by atoms with van der Waals surface area (Å²) in [7, 11) is 1.48. The lowest BCUT2D eigenvalue weighted by Crippen LogP contribution is -2.30. The van der Waals surface area contributed by atoms with E-state index >= 15 is 0 Å². The van der Waals surface area contributed by atoms with Crippen molar-refractivity contribution in [3.63, 3.8) is 0 Å². The van der Waals surface area contributed by atoms with Gasteiger partial charge >= 0.3 is 6.03 Å². The quantitative estimate of drug-likeness (QED) is 0.795. The predicted molar refractivity (Wildman–Crippen MR) is 53.8 cm³/mol. The topological polar surface area (TPSA) is 76.1 Å². The normalized spacial score (nSPS) is 9.57. The summed E-state index contributed by atoms with van der Waals surface area (Å²) in [6.07, 6.45) is 3.08. The highest BCUT2D eigenvalue weighted by atomic mass is 79.9. The van der Waals surface area contributed by atoms with E-state index in [-0.39, 0.29) is 12.7 Å². The van der Waals surface area contributed by atoms with E-state index in [9.17, 15) is 4.79 Å². The zero-order valence-electron chi connectivity index (χ0n) is 7.45. The molecule has 0 bridgehead atoms. The fourth-order valence-electron chi connectivity index (χ4n) is 0.660. The van der Waals surface area contributed by atoms with Gasteiger partial charge in [0.05, 0.1) is 4.47 Å². The van der Waals surface area contributed by atoms with Gasteiger partial charge in [0.1, 0.15) is 6.73 Å². The van der Waals surface area contributed by atoms with Crippen molar-refractivity contribution in [2.24, 2.45) is 0 Å². The van der Waals surface area contributed by atoms with Gasteiger partial charge in [0.15, 0.2) is 0 Å². The first-order chi connectivity index (χ1) is 6.72. The molecule has 0 unspecified atom stereocenters. The third-order valence-corrected chi connectivity index (χ3v) is 1.63. The van der Waals surface area contributed by atoms with Crippen molar-refractivity contribution in [3.8, 4) is 0 Å². The van der Waals surface area contributed by atoms with E-state index in [0.29, 0.717) is 0 Å². The van der Waals surface area contributed by atoms with Crippen molar-refractivity contribution in [1.29, 1.82) is 0 Å². The maximum absolute atomic E-state index is 11.1. The molecule has 76 valence electrons. The fourth-order valence-corrected chi connectivity index (χ4v) is 0.865.